The summed E-state index contributed by atoms with van der Waals surface area (Å²) in [5.41, 5.74) is 0. The Balaban J connectivity index is 1.70. The smallest absolute Gasteiger partial charge is 0.220 e. The van der Waals surface area contributed by atoms with Crippen molar-refractivity contribution in [3.63, 3.8) is 0 Å². The summed E-state index contributed by atoms with van der Waals surface area (Å²) < 4.78 is 22.8. The Morgan fingerprint density at radius 3 is 1.36 bits per heavy atom. The third-order valence-electron chi connectivity index (χ3n) is 14.3. The predicted octanol–water partition coefficient (Wildman–Crippen LogP) is 10.7. The maximum absolute atomic E-state index is 13.3. The second-order valence-corrected chi connectivity index (χ2v) is 21.1. The highest BCUT2D eigenvalue weighted by atomic mass is 16.7. The molecule has 0 aromatic carbocycles. The molecule has 78 heavy (non-hydrogen) atoms. The molecule has 448 valence electrons. The van der Waals surface area contributed by atoms with Crippen molar-refractivity contribution in [2.24, 2.45) is 0 Å². The summed E-state index contributed by atoms with van der Waals surface area (Å²) in [6.45, 7) is 2.72. The molecule has 2 aliphatic heterocycles. The number of carbonyl (C=O) groups is 1. The molecular weight excluding hydrogens is 991 g/mol. The van der Waals surface area contributed by atoms with Crippen LogP contribution in [-0.4, -0.2) is 140 Å². The summed E-state index contributed by atoms with van der Waals surface area (Å²) in [7, 11) is 0. The van der Waals surface area contributed by atoms with Crippen LogP contribution in [0.1, 0.15) is 206 Å². The summed E-state index contributed by atoms with van der Waals surface area (Å²) in [5.74, 6) is -0.226. The Bertz CT molecular complexity index is 1680. The molecule has 12 unspecified atom stereocenters. The van der Waals surface area contributed by atoms with Crippen LogP contribution in [0, 0.1) is 0 Å². The van der Waals surface area contributed by atoms with E-state index >= 15 is 0 Å². The van der Waals surface area contributed by atoms with Crippen molar-refractivity contribution in [1.29, 1.82) is 0 Å². The van der Waals surface area contributed by atoms with Gasteiger partial charge in [-0.2, -0.15) is 0 Å². The molecule has 14 nitrogen and oxygen atoms in total. The van der Waals surface area contributed by atoms with Crippen LogP contribution in [-0.2, 0) is 23.7 Å². The molecule has 2 aliphatic rings. The van der Waals surface area contributed by atoms with E-state index in [4.69, 9.17) is 18.9 Å². The van der Waals surface area contributed by atoms with Crippen LogP contribution in [0.25, 0.3) is 0 Å². The fourth-order valence-corrected chi connectivity index (χ4v) is 9.43. The van der Waals surface area contributed by atoms with Crippen LogP contribution in [0.4, 0.5) is 0 Å². The molecule has 12 atom stereocenters. The van der Waals surface area contributed by atoms with Crippen LogP contribution in [0.2, 0.25) is 0 Å². The molecule has 1 amide bonds. The van der Waals surface area contributed by atoms with E-state index in [1.54, 1.807) is 0 Å². The zero-order chi connectivity index (χ0) is 56.7. The molecule has 0 saturated carbocycles. The molecule has 9 N–H and O–H groups in total. The van der Waals surface area contributed by atoms with Gasteiger partial charge < -0.3 is 65.1 Å². The molecular formula is C64H109NO13. The van der Waals surface area contributed by atoms with Gasteiger partial charge in [0.25, 0.3) is 0 Å². The van der Waals surface area contributed by atoms with Gasteiger partial charge in [0.2, 0.25) is 5.91 Å². The van der Waals surface area contributed by atoms with Crippen molar-refractivity contribution in [1.82, 2.24) is 5.32 Å². The number of hydrogen-bond donors (Lipinski definition) is 9. The minimum Gasteiger partial charge on any atom is -0.394 e. The van der Waals surface area contributed by atoms with Gasteiger partial charge in [-0.3, -0.25) is 4.79 Å². The fraction of sp³-hybridized carbons (Fsp3) is 0.734. The zero-order valence-corrected chi connectivity index (χ0v) is 48.1. The summed E-state index contributed by atoms with van der Waals surface area (Å²) >= 11 is 0. The summed E-state index contributed by atoms with van der Waals surface area (Å²) in [6, 6.07) is -0.843. The number of amides is 1. The highest BCUT2D eigenvalue weighted by Gasteiger charge is 2.51. The maximum atomic E-state index is 13.3. The summed E-state index contributed by atoms with van der Waals surface area (Å²) in [6.07, 6.45) is 49.8. The number of allylic oxidation sites excluding steroid dienone is 16. The van der Waals surface area contributed by atoms with Gasteiger partial charge in [0.05, 0.1) is 32.0 Å². The van der Waals surface area contributed by atoms with Crippen LogP contribution in [0.5, 0.6) is 0 Å². The lowest BCUT2D eigenvalue weighted by Crippen LogP contribution is -2.65. The first-order chi connectivity index (χ1) is 38.1. The normalized spacial score (nSPS) is 25.3. The van der Waals surface area contributed by atoms with E-state index in [1.165, 1.54) is 57.8 Å². The first-order valence-electron chi connectivity index (χ1n) is 30.5. The Labute approximate surface area is 471 Å². The average Bonchev–Trinajstić information content (AvgIpc) is 3.47. The van der Waals surface area contributed by atoms with Crippen molar-refractivity contribution in [3.8, 4) is 0 Å². The number of rotatable bonds is 47. The molecule has 2 rings (SSSR count). The highest BCUT2D eigenvalue weighted by molar-refractivity contribution is 5.76. The van der Waals surface area contributed by atoms with E-state index < -0.39 is 86.8 Å². The molecule has 14 heteroatoms. The lowest BCUT2D eigenvalue weighted by atomic mass is 9.97. The van der Waals surface area contributed by atoms with Crippen molar-refractivity contribution >= 4 is 5.91 Å². The van der Waals surface area contributed by atoms with Gasteiger partial charge >= 0.3 is 0 Å². The lowest BCUT2D eigenvalue weighted by molar-refractivity contribution is -0.359. The SMILES string of the molecule is CC/C=C\C/C=C\C/C=C\C/C=C\C/C=C\C/C=C\C/C=C\C/C=C\CCCCCCCCC(=O)NC(COC1OC(CO)C(OC2OC(CO)C(O)C(O)C2O)C(O)C1O)C(O)CCCCCCCCCCCCCCC. The third kappa shape index (κ3) is 33.6. The molecule has 0 aliphatic carbocycles. The second kappa shape index (κ2) is 48.6. The largest absolute Gasteiger partial charge is 0.394 e. The lowest BCUT2D eigenvalue weighted by Gasteiger charge is -2.46. The molecule has 2 fully saturated rings. The molecule has 0 aromatic heterocycles. The fourth-order valence-electron chi connectivity index (χ4n) is 9.43. The molecule has 0 radical (unpaired) electrons. The Kier molecular flexibility index (Phi) is 44.3. The minimum atomic E-state index is -1.79. The third-order valence-corrected chi connectivity index (χ3v) is 14.3. The topological polar surface area (TPSA) is 228 Å². The number of ether oxygens (including phenoxy) is 4. The molecule has 0 aromatic rings. The summed E-state index contributed by atoms with van der Waals surface area (Å²) in [4.78, 5) is 13.3. The minimum absolute atomic E-state index is 0.226. The molecule has 0 bridgehead atoms. The number of hydrogen-bond acceptors (Lipinski definition) is 13. The average molecular weight is 1100 g/mol. The van der Waals surface area contributed by atoms with E-state index in [-0.39, 0.29) is 18.9 Å². The van der Waals surface area contributed by atoms with Crippen LogP contribution in [0.15, 0.2) is 97.2 Å². The van der Waals surface area contributed by atoms with Gasteiger partial charge in [-0.25, -0.2) is 0 Å². The molecule has 0 spiro atoms. The number of aliphatic hydroxyl groups is 8. The van der Waals surface area contributed by atoms with Gasteiger partial charge in [-0.1, -0.05) is 220 Å². The quantitative estimate of drug-likeness (QED) is 0.0204. The number of aliphatic hydroxyl groups excluding tert-OH is 8. The molecule has 2 saturated heterocycles. The maximum Gasteiger partial charge on any atom is 0.220 e. The first kappa shape index (κ1) is 71.0. The number of unbranched alkanes of at least 4 members (excludes halogenated alkanes) is 18. The second-order valence-electron chi connectivity index (χ2n) is 21.1. The number of nitrogens with one attached hydrogen (secondary N) is 1. The van der Waals surface area contributed by atoms with Crippen molar-refractivity contribution in [2.45, 2.75) is 280 Å². The van der Waals surface area contributed by atoms with E-state index in [1.807, 2.05) is 0 Å². The Morgan fingerprint density at radius 1 is 0.474 bits per heavy atom. The van der Waals surface area contributed by atoms with Crippen LogP contribution < -0.4 is 5.32 Å². The number of carbonyl (C=O) groups excluding carboxylic acids is 1. The van der Waals surface area contributed by atoms with E-state index in [2.05, 4.69) is 116 Å². The van der Waals surface area contributed by atoms with Crippen molar-refractivity contribution in [2.75, 3.05) is 19.8 Å². The Morgan fingerprint density at radius 2 is 0.885 bits per heavy atom. The van der Waals surface area contributed by atoms with Gasteiger partial charge in [-0.05, 0) is 77.0 Å². The van der Waals surface area contributed by atoms with Gasteiger partial charge in [0.15, 0.2) is 12.6 Å². The van der Waals surface area contributed by atoms with E-state index in [0.717, 1.165) is 116 Å². The Hall–Kier alpha value is -3.09. The van der Waals surface area contributed by atoms with Gasteiger partial charge in [0.1, 0.15) is 48.8 Å². The standard InChI is InChI=1S/C64H109NO13/c1-3-5-7-9-11-13-15-17-18-19-20-21-22-23-24-25-26-27-28-29-30-31-32-33-34-36-38-40-42-44-46-48-56(69)65-52(53(68)47-45-43-41-39-37-35-16-14-12-10-8-6-4-2)51-75-63-61(74)59(72)62(55(50-67)77-63)78-64-60(73)58(71)57(70)54(49-66)76-64/h5,7,11,13,17-18,20-21,23-24,26-27,29-30,32-33,52-55,57-64,66-68,70-74H,3-4,6,8-10,12,14-16,19,22,25,28,31,34-51H2,1-2H3,(H,65,69)/b7-5-,13-11-,18-17-,21-20-,24-23-,27-26-,30-29-,33-32-. The highest BCUT2D eigenvalue weighted by Crippen LogP contribution is 2.30. The first-order valence-corrected chi connectivity index (χ1v) is 30.5. The van der Waals surface area contributed by atoms with Crippen molar-refractivity contribution in [3.05, 3.63) is 97.2 Å². The van der Waals surface area contributed by atoms with Crippen LogP contribution >= 0.6 is 0 Å². The van der Waals surface area contributed by atoms with Crippen molar-refractivity contribution < 1.29 is 64.6 Å². The zero-order valence-electron chi connectivity index (χ0n) is 48.1. The van der Waals surface area contributed by atoms with E-state index in [0.29, 0.717) is 12.8 Å². The van der Waals surface area contributed by atoms with Gasteiger partial charge in [0, 0.05) is 6.42 Å². The summed E-state index contributed by atoms with van der Waals surface area (Å²) in [5, 5.41) is 87.2. The van der Waals surface area contributed by atoms with Crippen LogP contribution in [0.3, 0.4) is 0 Å². The van der Waals surface area contributed by atoms with E-state index in [9.17, 15) is 45.6 Å². The van der Waals surface area contributed by atoms with Gasteiger partial charge in [-0.15, -0.1) is 0 Å². The predicted molar refractivity (Wildman–Crippen MR) is 313 cm³/mol. The monoisotopic (exact) mass is 1100 g/mol. The molecule has 2 heterocycles.